The first-order valence-electron chi connectivity index (χ1n) is 3.12. The lowest BCUT2D eigenvalue weighted by Gasteiger charge is -2.01. The van der Waals surface area contributed by atoms with Crippen LogP contribution < -0.4 is 5.59 Å². The van der Waals surface area contributed by atoms with E-state index in [1.54, 1.807) is 0 Å². The van der Waals surface area contributed by atoms with Gasteiger partial charge in [-0.3, -0.25) is 9.78 Å². The van der Waals surface area contributed by atoms with Gasteiger partial charge >= 0.3 is 7.12 Å². The van der Waals surface area contributed by atoms with E-state index < -0.39 is 7.12 Å². The number of aromatic nitrogens is 1. The van der Waals surface area contributed by atoms with Crippen LogP contribution in [-0.2, 0) is 0 Å². The Morgan fingerprint density at radius 2 is 2.25 bits per heavy atom. The van der Waals surface area contributed by atoms with Crippen LogP contribution in [0.5, 0.6) is 0 Å². The Labute approximate surface area is 74.0 Å². The summed E-state index contributed by atoms with van der Waals surface area (Å²) in [7, 11) is -1.75. The Morgan fingerprint density at radius 1 is 1.58 bits per heavy atom. The number of rotatable bonds is 2. The Bertz CT molecular complexity index is 305. The monoisotopic (exact) mass is 185 g/mol. The molecule has 0 radical (unpaired) electrons. The topological polar surface area (TPSA) is 70.4 Å². The minimum atomic E-state index is -1.75. The van der Waals surface area contributed by atoms with Gasteiger partial charge in [0.25, 0.3) is 0 Å². The Balaban J connectivity index is 3.22. The smallest absolute Gasteiger partial charge is 0.422 e. The van der Waals surface area contributed by atoms with E-state index in [9.17, 15) is 4.79 Å². The first-order chi connectivity index (χ1) is 5.66. The van der Waals surface area contributed by atoms with Gasteiger partial charge in [-0.1, -0.05) is 11.6 Å². The largest absolute Gasteiger partial charge is 0.509 e. The molecule has 0 aliphatic rings. The van der Waals surface area contributed by atoms with Crippen molar-refractivity contribution in [1.29, 1.82) is 0 Å². The van der Waals surface area contributed by atoms with Gasteiger partial charge in [0.1, 0.15) is 0 Å². The molecule has 0 aliphatic heterocycles. The number of pyridine rings is 1. The van der Waals surface area contributed by atoms with Crippen LogP contribution in [0.25, 0.3) is 0 Å². The number of hydrogen-bond acceptors (Lipinski definition) is 4. The van der Waals surface area contributed by atoms with Gasteiger partial charge in [-0.05, 0) is 6.07 Å². The molecule has 62 valence electrons. The number of hydrogen-bond donors (Lipinski definition) is 2. The zero-order chi connectivity index (χ0) is 9.14. The van der Waals surface area contributed by atoms with Gasteiger partial charge < -0.3 is 10.0 Å². The third-order valence-corrected chi connectivity index (χ3v) is 1.73. The normalized spacial score (nSPS) is 9.58. The molecule has 6 heteroatoms. The van der Waals surface area contributed by atoms with Gasteiger partial charge in [0.05, 0.1) is 10.6 Å². The highest BCUT2D eigenvalue weighted by atomic mass is 35.5. The van der Waals surface area contributed by atoms with Crippen LogP contribution in [0.4, 0.5) is 0 Å². The number of carbonyl (C=O) groups excluding carboxylic acids is 1. The van der Waals surface area contributed by atoms with E-state index in [1.807, 2.05) is 0 Å². The molecule has 0 saturated carbocycles. The molecule has 2 N–H and O–H groups in total. The first kappa shape index (κ1) is 9.19. The van der Waals surface area contributed by atoms with E-state index in [2.05, 4.69) is 4.98 Å². The van der Waals surface area contributed by atoms with E-state index in [0.717, 1.165) is 0 Å². The zero-order valence-corrected chi connectivity index (χ0v) is 6.69. The highest BCUT2D eigenvalue weighted by Crippen LogP contribution is 2.08. The summed E-state index contributed by atoms with van der Waals surface area (Å²) in [6.45, 7) is 0. The summed E-state index contributed by atoms with van der Waals surface area (Å²) < 4.78 is 0. The van der Waals surface area contributed by atoms with E-state index in [1.165, 1.54) is 12.3 Å². The number of nitrogens with zero attached hydrogens (tertiary/aromatic N) is 1. The van der Waals surface area contributed by atoms with E-state index >= 15 is 0 Å². The fraction of sp³-hybridized carbons (Fsp3) is 0. The summed E-state index contributed by atoms with van der Waals surface area (Å²) in [6.07, 6.45) is 1.81. The summed E-state index contributed by atoms with van der Waals surface area (Å²) in [4.78, 5) is 13.9. The van der Waals surface area contributed by atoms with Gasteiger partial charge in [-0.25, -0.2) is 0 Å². The lowest BCUT2D eigenvalue weighted by Crippen LogP contribution is -2.34. The molecule has 1 heterocycles. The average Bonchev–Trinajstić information content (AvgIpc) is 2.04. The molecule has 4 nitrogen and oxygen atoms in total. The number of aldehydes is 1. The van der Waals surface area contributed by atoms with Crippen LogP contribution in [-0.4, -0.2) is 28.4 Å². The summed E-state index contributed by atoms with van der Waals surface area (Å²) in [5, 5.41) is 17.4. The van der Waals surface area contributed by atoms with Crippen LogP contribution in [0.1, 0.15) is 10.4 Å². The van der Waals surface area contributed by atoms with Crippen LogP contribution >= 0.6 is 11.6 Å². The quantitative estimate of drug-likeness (QED) is 0.469. The second-order valence-electron chi connectivity index (χ2n) is 2.09. The molecule has 0 aliphatic carbocycles. The summed E-state index contributed by atoms with van der Waals surface area (Å²) in [5.74, 6) is 0. The van der Waals surface area contributed by atoms with Gasteiger partial charge in [-0.2, -0.15) is 0 Å². The predicted octanol–water partition coefficient (Wildman–Crippen LogP) is -0.773. The molecule has 1 rings (SSSR count). The van der Waals surface area contributed by atoms with Crippen LogP contribution in [0, 0.1) is 0 Å². The van der Waals surface area contributed by atoms with Gasteiger partial charge in [-0.15, -0.1) is 0 Å². The van der Waals surface area contributed by atoms with Gasteiger partial charge in [0, 0.05) is 11.8 Å². The Kier molecular flexibility index (Phi) is 2.81. The van der Waals surface area contributed by atoms with Crippen LogP contribution in [0.2, 0.25) is 5.02 Å². The fourth-order valence-electron chi connectivity index (χ4n) is 0.747. The molecule has 0 atom stereocenters. The predicted molar refractivity (Wildman–Crippen MR) is 44.5 cm³/mol. The van der Waals surface area contributed by atoms with Gasteiger partial charge in [0.15, 0.2) is 6.29 Å². The minimum absolute atomic E-state index is 0.0255. The number of halogens is 1. The SMILES string of the molecule is O=Cc1ccnc(B(O)O)c1Cl. The third-order valence-electron chi connectivity index (χ3n) is 1.32. The second-order valence-corrected chi connectivity index (χ2v) is 2.47. The molecule has 0 unspecified atom stereocenters. The van der Waals surface area contributed by atoms with Crippen molar-refractivity contribution < 1.29 is 14.8 Å². The zero-order valence-electron chi connectivity index (χ0n) is 5.94. The van der Waals surface area contributed by atoms with E-state index in [-0.39, 0.29) is 16.2 Å². The van der Waals surface area contributed by atoms with Crippen molar-refractivity contribution >= 4 is 30.6 Å². The molecule has 0 saturated heterocycles. The molecular formula is C6H5BClNO3. The van der Waals surface area contributed by atoms with Crippen LogP contribution in [0.3, 0.4) is 0 Å². The molecule has 1 aromatic rings. The standard InChI is InChI=1S/C6H5BClNO3/c8-5-4(3-10)1-2-9-6(5)7(11)12/h1-3,11-12H. The minimum Gasteiger partial charge on any atom is -0.422 e. The maximum absolute atomic E-state index is 10.3. The Morgan fingerprint density at radius 3 is 2.75 bits per heavy atom. The van der Waals surface area contributed by atoms with Gasteiger partial charge in [0.2, 0.25) is 0 Å². The molecule has 1 aromatic heterocycles. The van der Waals surface area contributed by atoms with Crippen molar-refractivity contribution in [3.63, 3.8) is 0 Å². The summed E-state index contributed by atoms with van der Waals surface area (Å²) >= 11 is 5.59. The highest BCUT2D eigenvalue weighted by molar-refractivity contribution is 6.62. The number of carbonyl (C=O) groups is 1. The van der Waals surface area contributed by atoms with Crippen molar-refractivity contribution in [2.24, 2.45) is 0 Å². The van der Waals surface area contributed by atoms with E-state index in [4.69, 9.17) is 21.6 Å². The van der Waals surface area contributed by atoms with Crippen molar-refractivity contribution in [2.45, 2.75) is 0 Å². The maximum Gasteiger partial charge on any atom is 0.509 e. The van der Waals surface area contributed by atoms with Crippen molar-refractivity contribution in [3.05, 3.63) is 22.8 Å². The maximum atomic E-state index is 10.3. The summed E-state index contributed by atoms with van der Waals surface area (Å²) in [6, 6.07) is 1.39. The van der Waals surface area contributed by atoms with Crippen LogP contribution in [0.15, 0.2) is 12.3 Å². The molecule has 12 heavy (non-hydrogen) atoms. The summed E-state index contributed by atoms with van der Waals surface area (Å²) in [5.41, 5.74) is 0.0797. The third kappa shape index (κ3) is 1.63. The van der Waals surface area contributed by atoms with Crippen molar-refractivity contribution in [3.8, 4) is 0 Å². The molecule has 0 amide bonds. The Hall–Kier alpha value is -0.905. The fourth-order valence-corrected chi connectivity index (χ4v) is 1.00. The first-order valence-corrected chi connectivity index (χ1v) is 3.50. The average molecular weight is 185 g/mol. The highest BCUT2D eigenvalue weighted by Gasteiger charge is 2.18. The molecule has 0 aromatic carbocycles. The molecule has 0 fully saturated rings. The molecule has 0 bridgehead atoms. The lowest BCUT2D eigenvalue weighted by atomic mass is 9.85. The molecule has 0 spiro atoms. The molecular weight excluding hydrogens is 180 g/mol. The van der Waals surface area contributed by atoms with Crippen molar-refractivity contribution in [2.75, 3.05) is 0 Å². The second kappa shape index (κ2) is 3.66. The van der Waals surface area contributed by atoms with E-state index in [0.29, 0.717) is 6.29 Å². The van der Waals surface area contributed by atoms with Crippen molar-refractivity contribution in [1.82, 2.24) is 4.98 Å². The lowest BCUT2D eigenvalue weighted by molar-refractivity contribution is 0.112.